The SMILES string of the molecule is CCCOc1nc(-c2cccs2)n(C(=O)C(CC)c2ccccc2)n1. The summed E-state index contributed by atoms with van der Waals surface area (Å²) in [5.74, 6) is 0.192. The molecule has 6 heteroatoms. The van der Waals surface area contributed by atoms with Crippen LogP contribution in [-0.4, -0.2) is 27.3 Å². The lowest BCUT2D eigenvalue weighted by molar-refractivity contribution is 0.0858. The molecule has 0 N–H and O–H groups in total. The molecule has 3 rings (SSSR count). The average Bonchev–Trinajstić information content (AvgIpc) is 3.31. The molecule has 0 radical (unpaired) electrons. The molecule has 1 aromatic carbocycles. The van der Waals surface area contributed by atoms with E-state index < -0.39 is 0 Å². The number of carbonyl (C=O) groups excluding carboxylic acids is 1. The van der Waals surface area contributed by atoms with E-state index in [9.17, 15) is 4.79 Å². The average molecular weight is 355 g/mol. The van der Waals surface area contributed by atoms with Crippen LogP contribution in [-0.2, 0) is 0 Å². The Hall–Kier alpha value is -2.47. The Morgan fingerprint density at radius 3 is 2.64 bits per heavy atom. The second kappa shape index (κ2) is 8.07. The highest BCUT2D eigenvalue weighted by atomic mass is 32.1. The minimum Gasteiger partial charge on any atom is -0.462 e. The van der Waals surface area contributed by atoms with Crippen molar-refractivity contribution in [3.8, 4) is 16.7 Å². The second-order valence-electron chi connectivity index (χ2n) is 5.67. The lowest BCUT2D eigenvalue weighted by Crippen LogP contribution is -2.22. The highest BCUT2D eigenvalue weighted by Crippen LogP contribution is 2.28. The second-order valence-corrected chi connectivity index (χ2v) is 6.61. The van der Waals surface area contributed by atoms with E-state index in [4.69, 9.17) is 4.74 Å². The maximum absolute atomic E-state index is 13.2. The van der Waals surface area contributed by atoms with Crippen molar-refractivity contribution >= 4 is 17.2 Å². The van der Waals surface area contributed by atoms with Gasteiger partial charge in [-0.25, -0.2) is 0 Å². The van der Waals surface area contributed by atoms with Gasteiger partial charge in [0.1, 0.15) is 0 Å². The predicted octanol–water partition coefficient (Wildman–Crippen LogP) is 4.63. The van der Waals surface area contributed by atoms with Crippen molar-refractivity contribution in [2.24, 2.45) is 0 Å². The maximum atomic E-state index is 13.2. The van der Waals surface area contributed by atoms with Crippen LogP contribution < -0.4 is 4.74 Å². The van der Waals surface area contributed by atoms with Gasteiger partial charge in [0.2, 0.25) is 0 Å². The zero-order chi connectivity index (χ0) is 17.6. The molecule has 0 bridgehead atoms. The van der Waals surface area contributed by atoms with Crippen LogP contribution in [0.2, 0.25) is 0 Å². The lowest BCUT2D eigenvalue weighted by Gasteiger charge is -2.14. The van der Waals surface area contributed by atoms with E-state index in [1.807, 2.05) is 61.7 Å². The van der Waals surface area contributed by atoms with Crippen LogP contribution in [0.4, 0.5) is 0 Å². The van der Waals surface area contributed by atoms with Gasteiger partial charge in [-0.2, -0.15) is 9.67 Å². The number of thiophene rings is 1. The molecule has 0 aliphatic rings. The van der Waals surface area contributed by atoms with Gasteiger partial charge in [-0.3, -0.25) is 4.79 Å². The van der Waals surface area contributed by atoms with Gasteiger partial charge in [0.15, 0.2) is 5.82 Å². The van der Waals surface area contributed by atoms with Crippen molar-refractivity contribution in [3.63, 3.8) is 0 Å². The van der Waals surface area contributed by atoms with Crippen molar-refractivity contribution in [1.82, 2.24) is 14.8 Å². The standard InChI is InChI=1S/C19H21N3O2S/c1-3-12-24-19-20-17(16-11-8-13-25-16)22(21-19)18(23)15(4-2)14-9-6-5-7-10-14/h5-11,13,15H,3-4,12H2,1-2H3. The molecule has 0 fully saturated rings. The third-order valence-corrected chi connectivity index (χ3v) is 4.75. The number of ether oxygens (including phenoxy) is 1. The Labute approximate surface area is 151 Å². The zero-order valence-corrected chi connectivity index (χ0v) is 15.2. The molecule has 25 heavy (non-hydrogen) atoms. The Balaban J connectivity index is 1.99. The van der Waals surface area contributed by atoms with Crippen LogP contribution >= 0.6 is 11.3 Å². The largest absolute Gasteiger partial charge is 0.462 e. The summed E-state index contributed by atoms with van der Waals surface area (Å²) in [6.45, 7) is 4.55. The number of hydrogen-bond acceptors (Lipinski definition) is 5. The molecule has 0 spiro atoms. The summed E-state index contributed by atoms with van der Waals surface area (Å²) in [6, 6.07) is 13.9. The maximum Gasteiger partial charge on any atom is 0.336 e. The van der Waals surface area contributed by atoms with E-state index >= 15 is 0 Å². The van der Waals surface area contributed by atoms with E-state index in [2.05, 4.69) is 10.1 Å². The van der Waals surface area contributed by atoms with Gasteiger partial charge in [-0.15, -0.1) is 16.4 Å². The van der Waals surface area contributed by atoms with Crippen LogP contribution in [0.1, 0.15) is 43.0 Å². The van der Waals surface area contributed by atoms with E-state index in [0.717, 1.165) is 16.9 Å². The van der Waals surface area contributed by atoms with Crippen LogP contribution in [0, 0.1) is 0 Å². The van der Waals surface area contributed by atoms with Gasteiger partial charge in [-0.1, -0.05) is 50.2 Å². The predicted molar refractivity (Wildman–Crippen MR) is 99.2 cm³/mol. The smallest absolute Gasteiger partial charge is 0.336 e. The highest BCUT2D eigenvalue weighted by Gasteiger charge is 2.26. The van der Waals surface area contributed by atoms with Crippen molar-refractivity contribution in [1.29, 1.82) is 0 Å². The molecular formula is C19H21N3O2S. The van der Waals surface area contributed by atoms with E-state index in [-0.39, 0.29) is 17.8 Å². The molecule has 5 nitrogen and oxygen atoms in total. The fourth-order valence-corrected chi connectivity index (χ4v) is 3.35. The molecule has 1 atom stereocenters. The molecule has 130 valence electrons. The third kappa shape index (κ3) is 3.79. The molecule has 0 saturated heterocycles. The molecule has 0 amide bonds. The molecule has 1 unspecified atom stereocenters. The van der Waals surface area contributed by atoms with Crippen LogP contribution in [0.25, 0.3) is 10.7 Å². The molecule has 0 saturated carbocycles. The summed E-state index contributed by atoms with van der Waals surface area (Å²) in [5.41, 5.74) is 0.985. The van der Waals surface area contributed by atoms with Gasteiger partial charge in [0.05, 0.1) is 17.4 Å². The quantitative estimate of drug-likeness (QED) is 0.620. The summed E-state index contributed by atoms with van der Waals surface area (Å²) < 4.78 is 6.95. The van der Waals surface area contributed by atoms with E-state index in [1.54, 1.807) is 0 Å². The van der Waals surface area contributed by atoms with Crippen molar-refractivity contribution < 1.29 is 9.53 Å². The highest BCUT2D eigenvalue weighted by molar-refractivity contribution is 7.13. The first-order valence-corrected chi connectivity index (χ1v) is 9.35. The molecule has 2 heterocycles. The Kier molecular flexibility index (Phi) is 5.60. The first kappa shape index (κ1) is 17.4. The molecule has 0 aliphatic carbocycles. The number of carbonyl (C=O) groups is 1. The summed E-state index contributed by atoms with van der Waals surface area (Å²) in [5, 5.41) is 6.30. The summed E-state index contributed by atoms with van der Waals surface area (Å²) >= 11 is 1.53. The fraction of sp³-hybridized carbons (Fsp3) is 0.316. The number of benzene rings is 1. The Bertz CT molecular complexity index is 813. The van der Waals surface area contributed by atoms with Crippen molar-refractivity contribution in [2.75, 3.05) is 6.61 Å². The molecule has 2 aromatic heterocycles. The first-order chi connectivity index (χ1) is 12.2. The van der Waals surface area contributed by atoms with E-state index in [1.165, 1.54) is 16.0 Å². The number of aromatic nitrogens is 3. The Morgan fingerprint density at radius 1 is 1.20 bits per heavy atom. The van der Waals surface area contributed by atoms with Crippen LogP contribution in [0.15, 0.2) is 47.8 Å². The number of hydrogen-bond donors (Lipinski definition) is 0. The zero-order valence-electron chi connectivity index (χ0n) is 14.4. The molecule has 0 aliphatic heterocycles. The van der Waals surface area contributed by atoms with Gasteiger partial charge in [0.25, 0.3) is 5.91 Å². The monoisotopic (exact) mass is 355 g/mol. The third-order valence-electron chi connectivity index (χ3n) is 3.88. The van der Waals surface area contributed by atoms with Gasteiger partial charge in [0, 0.05) is 0 Å². The molecular weight excluding hydrogens is 334 g/mol. The minimum atomic E-state index is -0.263. The van der Waals surface area contributed by atoms with Crippen molar-refractivity contribution in [3.05, 3.63) is 53.4 Å². The summed E-state index contributed by atoms with van der Waals surface area (Å²) in [6.07, 6.45) is 1.55. The fourth-order valence-electron chi connectivity index (χ4n) is 2.65. The topological polar surface area (TPSA) is 57.0 Å². The number of rotatable bonds is 7. The molecule has 3 aromatic rings. The first-order valence-electron chi connectivity index (χ1n) is 8.47. The van der Waals surface area contributed by atoms with Gasteiger partial charge in [-0.05, 0) is 29.9 Å². The summed E-state index contributed by atoms with van der Waals surface area (Å²) in [7, 11) is 0. The Morgan fingerprint density at radius 2 is 2.00 bits per heavy atom. The summed E-state index contributed by atoms with van der Waals surface area (Å²) in [4.78, 5) is 18.5. The van der Waals surface area contributed by atoms with Crippen LogP contribution in [0.5, 0.6) is 6.01 Å². The van der Waals surface area contributed by atoms with E-state index in [0.29, 0.717) is 18.9 Å². The minimum absolute atomic E-state index is 0.0871. The normalized spacial score (nSPS) is 12.1. The lowest BCUT2D eigenvalue weighted by atomic mass is 9.96. The van der Waals surface area contributed by atoms with Crippen LogP contribution in [0.3, 0.4) is 0 Å². The van der Waals surface area contributed by atoms with Gasteiger partial charge >= 0.3 is 6.01 Å². The van der Waals surface area contributed by atoms with Crippen molar-refractivity contribution in [2.45, 2.75) is 32.6 Å². The van der Waals surface area contributed by atoms with Gasteiger partial charge < -0.3 is 4.74 Å². The number of nitrogens with zero attached hydrogens (tertiary/aromatic N) is 3.